The molecule has 1 saturated heterocycles. The number of carbonyl (C=O) groups excluding carboxylic acids is 1. The number of nitrogens with zero attached hydrogens (tertiary/aromatic N) is 1. The van der Waals surface area contributed by atoms with Crippen LogP contribution in [0.2, 0.25) is 0 Å². The van der Waals surface area contributed by atoms with Gasteiger partial charge >= 0.3 is 5.97 Å². The third kappa shape index (κ3) is 3.22. The van der Waals surface area contributed by atoms with Crippen LogP contribution in [-0.2, 0) is 28.9 Å². The number of hydrogen-bond acceptors (Lipinski definition) is 5. The number of hydrogen-bond donors (Lipinski definition) is 2. The zero-order chi connectivity index (χ0) is 17.4. The largest absolute Gasteiger partial charge is 0.466 e. The minimum Gasteiger partial charge on any atom is -0.466 e. The number of quaternary nitrogens is 1. The summed E-state index contributed by atoms with van der Waals surface area (Å²) in [5.74, 6) is 0.725. The monoisotopic (exact) mass is 362 g/mol. The molecule has 0 unspecified atom stereocenters. The first-order valence-electron chi connectivity index (χ1n) is 9.19. The van der Waals surface area contributed by atoms with Gasteiger partial charge in [-0.3, -0.25) is 9.59 Å². The van der Waals surface area contributed by atoms with Gasteiger partial charge in [0.05, 0.1) is 31.0 Å². The van der Waals surface area contributed by atoms with Crippen LogP contribution in [0.15, 0.2) is 4.79 Å². The van der Waals surface area contributed by atoms with Gasteiger partial charge in [0.2, 0.25) is 0 Å². The normalized spacial score (nSPS) is 22.9. The highest BCUT2D eigenvalue weighted by Gasteiger charge is 2.29. The number of likely N-dealkylation sites (tertiary alicyclic amines) is 1. The van der Waals surface area contributed by atoms with Gasteiger partial charge in [-0.2, -0.15) is 0 Å². The number of aryl methyl sites for hydroxylation is 2. The molecule has 0 spiro atoms. The quantitative estimate of drug-likeness (QED) is 0.790. The van der Waals surface area contributed by atoms with Crippen molar-refractivity contribution in [1.29, 1.82) is 0 Å². The van der Waals surface area contributed by atoms with E-state index in [0.29, 0.717) is 13.2 Å². The van der Waals surface area contributed by atoms with Crippen molar-refractivity contribution < 1.29 is 14.4 Å². The molecule has 1 aliphatic carbocycles. The minimum absolute atomic E-state index is 0.0141. The number of thiophene rings is 1. The number of nitrogens with one attached hydrogen (secondary N) is 2. The van der Waals surface area contributed by atoms with Gasteiger partial charge in [0, 0.05) is 17.7 Å². The summed E-state index contributed by atoms with van der Waals surface area (Å²) in [5.41, 5.74) is 1.24. The third-order valence-electron chi connectivity index (χ3n) is 5.35. The molecule has 4 rings (SSSR count). The number of aromatic amines is 1. The van der Waals surface area contributed by atoms with Crippen molar-refractivity contribution in [2.24, 2.45) is 5.92 Å². The summed E-state index contributed by atoms with van der Waals surface area (Å²) >= 11 is 1.68. The first-order chi connectivity index (χ1) is 12.2. The van der Waals surface area contributed by atoms with E-state index in [1.54, 1.807) is 11.3 Å². The van der Waals surface area contributed by atoms with Gasteiger partial charge < -0.3 is 14.6 Å². The molecule has 3 heterocycles. The van der Waals surface area contributed by atoms with Crippen molar-refractivity contribution in [3.63, 3.8) is 0 Å². The number of fused-ring (bicyclic) bond motifs is 3. The van der Waals surface area contributed by atoms with E-state index in [1.807, 2.05) is 6.92 Å². The Morgan fingerprint density at radius 3 is 2.92 bits per heavy atom. The standard InChI is InChI=1S/C18H23N3O3S/c1-2-24-18(23)11-6-8-21(9-7-11)10-14-19-16(22)15-12-4-3-5-13(12)25-17(15)20-14/h11H,2-10H2,1H3,(H,19,20,22)/p+1. The summed E-state index contributed by atoms with van der Waals surface area (Å²) in [4.78, 5) is 35.7. The molecule has 0 saturated carbocycles. The van der Waals surface area contributed by atoms with Crippen LogP contribution in [-0.4, -0.2) is 35.6 Å². The minimum atomic E-state index is -0.0670. The Hall–Kier alpha value is -1.73. The van der Waals surface area contributed by atoms with Crippen LogP contribution < -0.4 is 10.5 Å². The first kappa shape index (κ1) is 16.7. The Labute approximate surface area is 150 Å². The van der Waals surface area contributed by atoms with Crippen molar-refractivity contribution >= 4 is 27.5 Å². The molecule has 2 aliphatic rings. The van der Waals surface area contributed by atoms with E-state index < -0.39 is 0 Å². The lowest BCUT2D eigenvalue weighted by Crippen LogP contribution is -3.12. The second kappa shape index (κ2) is 6.88. The van der Waals surface area contributed by atoms with E-state index in [1.165, 1.54) is 15.3 Å². The van der Waals surface area contributed by atoms with Crippen molar-refractivity contribution in [2.45, 2.75) is 45.6 Å². The Kier molecular flexibility index (Phi) is 4.60. The molecule has 0 atom stereocenters. The zero-order valence-electron chi connectivity index (χ0n) is 14.5. The van der Waals surface area contributed by atoms with E-state index in [-0.39, 0.29) is 17.4 Å². The number of piperidine rings is 1. The maximum atomic E-state index is 12.5. The molecule has 0 bridgehead atoms. The Balaban J connectivity index is 1.45. The van der Waals surface area contributed by atoms with E-state index in [2.05, 4.69) is 4.98 Å². The second-order valence-corrected chi connectivity index (χ2v) is 8.09. The highest BCUT2D eigenvalue weighted by atomic mass is 32.1. The summed E-state index contributed by atoms with van der Waals surface area (Å²) < 4.78 is 5.12. The van der Waals surface area contributed by atoms with Gasteiger partial charge in [-0.15, -0.1) is 11.3 Å². The molecule has 6 nitrogen and oxygen atoms in total. The van der Waals surface area contributed by atoms with Crippen LogP contribution >= 0.6 is 11.3 Å². The molecule has 2 aromatic heterocycles. The summed E-state index contributed by atoms with van der Waals surface area (Å²) in [7, 11) is 0. The zero-order valence-corrected chi connectivity index (χ0v) is 15.3. The van der Waals surface area contributed by atoms with Crippen molar-refractivity contribution in [2.75, 3.05) is 19.7 Å². The molecule has 134 valence electrons. The maximum Gasteiger partial charge on any atom is 0.309 e. The summed E-state index contributed by atoms with van der Waals surface area (Å²) in [6, 6.07) is 0. The smallest absolute Gasteiger partial charge is 0.309 e. The summed E-state index contributed by atoms with van der Waals surface area (Å²) in [5, 5.41) is 0.817. The van der Waals surface area contributed by atoms with Crippen molar-refractivity contribution in [3.05, 3.63) is 26.6 Å². The molecule has 1 fully saturated rings. The van der Waals surface area contributed by atoms with E-state index in [0.717, 1.165) is 61.2 Å². The lowest BCUT2D eigenvalue weighted by atomic mass is 9.97. The number of rotatable bonds is 4. The highest BCUT2D eigenvalue weighted by molar-refractivity contribution is 7.18. The van der Waals surface area contributed by atoms with Crippen molar-refractivity contribution in [3.8, 4) is 0 Å². The predicted octanol–water partition coefficient (Wildman–Crippen LogP) is 0.831. The SMILES string of the molecule is CCOC(=O)C1CC[NH+](Cc2nc3sc4c(c3c(=O)[nH]2)CCC4)CC1. The fourth-order valence-electron chi connectivity index (χ4n) is 4.07. The van der Waals surface area contributed by atoms with Crippen LogP contribution in [0.3, 0.4) is 0 Å². The third-order valence-corrected chi connectivity index (χ3v) is 6.54. The molecule has 25 heavy (non-hydrogen) atoms. The number of esters is 1. The number of aromatic nitrogens is 2. The van der Waals surface area contributed by atoms with Crippen LogP contribution in [0.1, 0.15) is 42.5 Å². The fourth-order valence-corrected chi connectivity index (χ4v) is 5.35. The number of carbonyl (C=O) groups is 1. The van der Waals surface area contributed by atoms with Gasteiger partial charge in [0.25, 0.3) is 5.56 Å². The van der Waals surface area contributed by atoms with Gasteiger partial charge in [0.15, 0.2) is 5.82 Å². The molecule has 1 aliphatic heterocycles. The van der Waals surface area contributed by atoms with Crippen molar-refractivity contribution in [1.82, 2.24) is 9.97 Å². The van der Waals surface area contributed by atoms with Gasteiger partial charge in [-0.05, 0) is 31.7 Å². The van der Waals surface area contributed by atoms with Crippen LogP contribution in [0.25, 0.3) is 10.2 Å². The second-order valence-electron chi connectivity index (χ2n) is 7.00. The average molecular weight is 362 g/mol. The molecule has 7 heteroatoms. The molecule has 0 aromatic carbocycles. The van der Waals surface area contributed by atoms with Gasteiger partial charge in [0.1, 0.15) is 11.4 Å². The van der Waals surface area contributed by atoms with E-state index >= 15 is 0 Å². The maximum absolute atomic E-state index is 12.5. The Morgan fingerprint density at radius 1 is 1.36 bits per heavy atom. The molecular formula is C18H24N3O3S+. The number of ether oxygens (including phenoxy) is 1. The molecular weight excluding hydrogens is 338 g/mol. The van der Waals surface area contributed by atoms with Crippen LogP contribution in [0, 0.1) is 5.92 Å². The summed E-state index contributed by atoms with van der Waals surface area (Å²) in [6.07, 6.45) is 4.92. The molecule has 0 radical (unpaired) electrons. The van der Waals surface area contributed by atoms with Crippen LogP contribution in [0.5, 0.6) is 0 Å². The van der Waals surface area contributed by atoms with E-state index in [9.17, 15) is 9.59 Å². The molecule has 2 aromatic rings. The van der Waals surface area contributed by atoms with Gasteiger partial charge in [-0.1, -0.05) is 0 Å². The van der Waals surface area contributed by atoms with Gasteiger partial charge in [-0.25, -0.2) is 4.98 Å². The Morgan fingerprint density at radius 2 is 2.16 bits per heavy atom. The predicted molar refractivity (Wildman–Crippen MR) is 96.0 cm³/mol. The highest BCUT2D eigenvalue weighted by Crippen LogP contribution is 2.34. The fraction of sp³-hybridized carbons (Fsp3) is 0.611. The lowest BCUT2D eigenvalue weighted by Gasteiger charge is -2.27. The average Bonchev–Trinajstić information content (AvgIpc) is 3.16. The molecule has 2 N–H and O–H groups in total. The topological polar surface area (TPSA) is 76.5 Å². The Bertz CT molecular complexity index is 849. The van der Waals surface area contributed by atoms with E-state index in [4.69, 9.17) is 9.72 Å². The summed E-state index contributed by atoms with van der Waals surface area (Å²) in [6.45, 7) is 4.82. The lowest BCUT2D eigenvalue weighted by molar-refractivity contribution is -0.920. The molecule has 0 amide bonds. The number of H-pyrrole nitrogens is 1. The van der Waals surface area contributed by atoms with Crippen LogP contribution in [0.4, 0.5) is 0 Å². The first-order valence-corrected chi connectivity index (χ1v) is 10.0.